The summed E-state index contributed by atoms with van der Waals surface area (Å²) in [6.45, 7) is -8.24. The van der Waals surface area contributed by atoms with Gasteiger partial charge in [-0.05, 0) is 0 Å². The number of hydrogen-bond acceptors (Lipinski definition) is 43. The van der Waals surface area contributed by atoms with E-state index in [4.69, 9.17) is 61.6 Å². The van der Waals surface area contributed by atoms with Crippen molar-refractivity contribution >= 4 is 41.5 Å². The summed E-state index contributed by atoms with van der Waals surface area (Å²) in [6, 6.07) is -8.20. The second-order valence-electron chi connectivity index (χ2n) is 26.8. The van der Waals surface area contributed by atoms with Crippen molar-refractivity contribution in [3.05, 3.63) is 0 Å². The highest BCUT2D eigenvalue weighted by Gasteiger charge is 2.66. The highest BCUT2D eigenvalue weighted by Crippen LogP contribution is 2.44. The maximum atomic E-state index is 14.2. The lowest BCUT2D eigenvalue weighted by Gasteiger charge is -2.53. The average Bonchev–Trinajstić information content (AvgIpc) is 0.753. The Bertz CT molecular complexity index is 3030. The van der Waals surface area contributed by atoms with Gasteiger partial charge in [0.05, 0.1) is 82.7 Å². The summed E-state index contributed by atoms with van der Waals surface area (Å²) < 4.78 is 75.6. The minimum atomic E-state index is -3.78. The van der Waals surface area contributed by atoms with Gasteiger partial charge in [0.25, 0.3) is 17.4 Å². The molecule has 0 unspecified atom stereocenters. The van der Waals surface area contributed by atoms with Gasteiger partial charge in [-0.1, -0.05) is 0 Å². The molecule has 0 radical (unpaired) electrons. The first-order valence-corrected chi connectivity index (χ1v) is 33.7. The summed E-state index contributed by atoms with van der Waals surface area (Å²) in [5.74, 6) is -22.0. The summed E-state index contributed by atoms with van der Waals surface area (Å²) in [6.07, 6.45) is -78.6. The van der Waals surface area contributed by atoms with Crippen LogP contribution in [0.5, 0.6) is 0 Å². The van der Waals surface area contributed by atoms with E-state index in [1.54, 1.807) is 0 Å². The summed E-state index contributed by atoms with van der Waals surface area (Å²) in [7, 11) is 0. The lowest BCUT2D eigenvalue weighted by molar-refractivity contribution is -0.405. The van der Waals surface area contributed by atoms with Gasteiger partial charge in [0, 0.05) is 40.0 Å². The molecule has 0 saturated carbocycles. The lowest BCUT2D eigenvalue weighted by Crippen LogP contribution is -2.73. The summed E-state index contributed by atoms with van der Waals surface area (Å²) in [4.78, 5) is 91.8. The molecule has 7 aliphatic heterocycles. The van der Waals surface area contributed by atoms with Gasteiger partial charge >= 0.3 is 17.9 Å². The fourth-order valence-corrected chi connectivity index (χ4v) is 13.7. The molecule has 7 rings (SSSR count). The van der Waals surface area contributed by atoms with E-state index < -0.39 is 345 Å². The molecule has 7 heterocycles. The van der Waals surface area contributed by atoms with Crippen LogP contribution in [-0.2, 0) is 95.1 Å². The van der Waals surface area contributed by atoms with E-state index in [0.29, 0.717) is 0 Å². The average molecular weight is 1600 g/mol. The Kier molecular flexibility index (Phi) is 32.0. The van der Waals surface area contributed by atoms with Crippen LogP contribution in [-0.4, -0.2) is 459 Å². The van der Waals surface area contributed by atoms with Crippen LogP contribution in [0.1, 0.15) is 40.0 Å². The van der Waals surface area contributed by atoms with Crippen LogP contribution in [0.15, 0.2) is 0 Å². The molecule has 0 aliphatic carbocycles. The quantitative estimate of drug-likeness (QED) is 0.0290. The second-order valence-corrected chi connectivity index (χ2v) is 26.8. The summed E-state index contributed by atoms with van der Waals surface area (Å²) >= 11 is 0. The third-order valence-corrected chi connectivity index (χ3v) is 19.2. The predicted molar refractivity (Wildman–Crippen MR) is 331 cm³/mol. The van der Waals surface area contributed by atoms with Gasteiger partial charge in [-0.25, -0.2) is 14.4 Å². The highest BCUT2D eigenvalue weighted by molar-refractivity contribution is 5.79. The first-order valence-electron chi connectivity index (χ1n) is 33.7. The van der Waals surface area contributed by atoms with Crippen LogP contribution in [0.2, 0.25) is 0 Å². The van der Waals surface area contributed by atoms with Crippen molar-refractivity contribution in [2.24, 2.45) is 0 Å². The van der Waals surface area contributed by atoms with Crippen molar-refractivity contribution in [1.29, 1.82) is 0 Å². The van der Waals surface area contributed by atoms with E-state index in [0.717, 1.165) is 20.8 Å². The van der Waals surface area contributed by atoms with Crippen molar-refractivity contribution < 1.29 is 228 Å². The van der Waals surface area contributed by atoms with Gasteiger partial charge in [-0.3, -0.25) is 19.2 Å². The van der Waals surface area contributed by atoms with Crippen LogP contribution in [0.3, 0.4) is 0 Å². The molecular weight excluding hydrogens is 1500 g/mol. The molecule has 628 valence electrons. The third kappa shape index (κ3) is 19.8. The van der Waals surface area contributed by atoms with Crippen LogP contribution in [0.25, 0.3) is 0 Å². The number of aliphatic hydroxyl groups excluding tert-OH is 23. The standard InChI is InChI=1S/C59H96N4O46/c1-15(72)60-29-18(75)5-58(55(93)94,106-45(29)33(81)21(78)7-64)108-48-36(84)24(10-67)99-52(40(48)88)103-44-32(62-17(3)74)51(98-23(9-66)35(44)83)102-43-27(13-70)100-53(101-42-26(12-69)97-50(90)39(87)38(42)86)41(89)49(43)109-59(56(95)96)6-19(76)30(61-16(2)73)47(107-59)37(85)25(11-68)104-57(54(91)92)4-20(77)31(63-28(80)14-71)46(105-57)34(82)22(79)8-65/h18-27,29-53,64-71,75-79,81-90H,4-14H2,1-3H3,(H,60,72)(H,61,73)(H,62,74)(H,63,80)(H,91,92)(H,93,94)(H,95,96)/t18-,19-,20-,21+,22+,23+,24+,25+,26+,27+,29+,30+,31+,32+,33+,34+,35-,36-,37+,38+,39+,40+,41+,42+,43-,44+,45+,46+,47+,48-,49+,50+,51-,52-,53-,57+,58-,59-/m0/s1. The van der Waals surface area contributed by atoms with Crippen LogP contribution in [0.4, 0.5) is 0 Å². The minimum Gasteiger partial charge on any atom is -0.477 e. The van der Waals surface area contributed by atoms with E-state index in [-0.39, 0.29) is 0 Å². The Morgan fingerprint density at radius 2 is 0.761 bits per heavy atom. The van der Waals surface area contributed by atoms with Gasteiger partial charge < -0.3 is 216 Å². The molecule has 30 N–H and O–H groups in total. The number of carboxylic acid groups (broad SMARTS) is 3. The predicted octanol–water partition coefficient (Wildman–Crippen LogP) is -19.1. The smallest absolute Gasteiger partial charge is 0.364 e. The number of nitrogens with one attached hydrogen (secondary N) is 4. The molecule has 0 aromatic heterocycles. The van der Waals surface area contributed by atoms with Crippen LogP contribution < -0.4 is 21.3 Å². The van der Waals surface area contributed by atoms with Crippen LogP contribution >= 0.6 is 0 Å². The monoisotopic (exact) mass is 1600 g/mol. The Balaban J connectivity index is 1.31. The zero-order valence-electron chi connectivity index (χ0n) is 57.8. The van der Waals surface area contributed by atoms with Gasteiger partial charge in [-0.15, -0.1) is 0 Å². The number of rotatable bonds is 33. The number of carbonyl (C=O) groups excluding carboxylic acids is 4. The Morgan fingerprint density at radius 3 is 1.19 bits per heavy atom. The number of aliphatic hydroxyl groups is 23. The lowest BCUT2D eigenvalue weighted by atomic mass is 9.87. The first-order chi connectivity index (χ1) is 51.1. The molecule has 0 aromatic carbocycles. The summed E-state index contributed by atoms with van der Waals surface area (Å²) in [5, 5.41) is 295. The van der Waals surface area contributed by atoms with Gasteiger partial charge in [0.1, 0.15) is 159 Å². The molecule has 109 heavy (non-hydrogen) atoms. The molecule has 7 aliphatic rings. The molecule has 7 saturated heterocycles. The number of carbonyl (C=O) groups is 7. The zero-order valence-corrected chi connectivity index (χ0v) is 57.8. The molecular formula is C59H96N4O46. The Hall–Kier alpha value is -5.15. The molecule has 50 heteroatoms. The topological polar surface area (TPSA) is 814 Å². The highest BCUT2D eigenvalue weighted by atomic mass is 16.8. The van der Waals surface area contributed by atoms with E-state index >= 15 is 0 Å². The number of aliphatic carboxylic acids is 3. The third-order valence-electron chi connectivity index (χ3n) is 19.2. The van der Waals surface area contributed by atoms with E-state index in [9.17, 15) is 166 Å². The largest absolute Gasteiger partial charge is 0.477 e. The normalized spacial score (nSPS) is 43.1. The van der Waals surface area contributed by atoms with E-state index in [1.807, 2.05) is 5.32 Å². The second kappa shape index (κ2) is 38.3. The van der Waals surface area contributed by atoms with Crippen molar-refractivity contribution in [3.8, 4) is 0 Å². The van der Waals surface area contributed by atoms with E-state index in [2.05, 4.69) is 16.0 Å². The Labute approximate surface area is 613 Å². The van der Waals surface area contributed by atoms with Crippen molar-refractivity contribution in [3.63, 3.8) is 0 Å². The number of ether oxygens (including phenoxy) is 13. The Morgan fingerprint density at radius 1 is 0.394 bits per heavy atom. The van der Waals surface area contributed by atoms with Gasteiger partial charge in [-0.2, -0.15) is 0 Å². The SMILES string of the molecule is CC(=O)N[C@H]1[C@H](O[C@@H]2[C@H](O[C@]3(C(=O)O)C[C@H](O)[C@@H](NC(C)=O)[C@H]([C@H](O)[C@@H](CO)O[C@]4(C(=O)O)C[C@H](O)[C@@H](NC(=O)CO)[C@H]([C@H](O)[C@H](O)CO)O4)O3)[C@@H](O)[C@H](O[C@H]3[C@H](O)[C@@H](O)[C@H](O)O[C@@H]3CO)O[C@@H]2CO)O[C@H](CO)[C@H](O)[C@@H]1O[C@@H]1O[C@H](CO)[C@H](O)[C@H](O[C@]2(C(=O)O)C[C@H](O)[C@@H](NC(C)=O)[C@H]([C@H](O)[C@H](O)CO)O2)[C@H]1O. The first kappa shape index (κ1) is 91.0. The molecule has 0 aromatic rings. The van der Waals surface area contributed by atoms with E-state index in [1.165, 1.54) is 0 Å². The maximum absolute atomic E-state index is 14.2. The maximum Gasteiger partial charge on any atom is 0.364 e. The number of hydrogen-bond donors (Lipinski definition) is 30. The number of amides is 4. The van der Waals surface area contributed by atoms with Crippen molar-refractivity contribution in [2.75, 3.05) is 52.9 Å². The molecule has 7 fully saturated rings. The minimum absolute atomic E-state index is 0.802. The fourth-order valence-electron chi connectivity index (χ4n) is 13.7. The molecule has 0 bridgehead atoms. The zero-order chi connectivity index (χ0) is 81.5. The van der Waals surface area contributed by atoms with Crippen molar-refractivity contribution in [2.45, 2.75) is 272 Å². The van der Waals surface area contributed by atoms with Crippen molar-refractivity contribution in [1.82, 2.24) is 21.3 Å². The molecule has 38 atom stereocenters. The summed E-state index contributed by atoms with van der Waals surface area (Å²) in [5.41, 5.74) is 0. The van der Waals surface area contributed by atoms with Crippen LogP contribution in [0, 0.1) is 0 Å². The fraction of sp³-hybridized carbons (Fsp3) is 0.881. The number of carboxylic acids is 3. The van der Waals surface area contributed by atoms with Gasteiger partial charge in [0.2, 0.25) is 23.6 Å². The van der Waals surface area contributed by atoms with Gasteiger partial charge in [0.15, 0.2) is 25.2 Å². The molecule has 4 amide bonds. The molecule has 50 nitrogen and oxygen atoms in total. The molecule has 0 spiro atoms.